The van der Waals surface area contributed by atoms with Crippen LogP contribution in [0.15, 0.2) is 32.8 Å². The molecule has 94 valence electrons. The molecule has 0 saturated carbocycles. The second kappa shape index (κ2) is 4.79. The van der Waals surface area contributed by atoms with Gasteiger partial charge in [0.05, 0.1) is 25.4 Å². The number of amides is 1. The van der Waals surface area contributed by atoms with Gasteiger partial charge in [0.15, 0.2) is 0 Å². The van der Waals surface area contributed by atoms with Gasteiger partial charge in [-0.05, 0) is 44.0 Å². The first-order chi connectivity index (χ1) is 8.63. The van der Waals surface area contributed by atoms with Gasteiger partial charge in [0.25, 0.3) is 5.91 Å². The number of hydrogen-bond acceptors (Lipinski definition) is 3. The van der Waals surface area contributed by atoms with E-state index < -0.39 is 0 Å². The Hall–Kier alpha value is -0.660. The number of nitrogens with zero attached hydrogens (tertiary/aromatic N) is 3. The average molecular weight is 391 g/mol. The van der Waals surface area contributed by atoms with Gasteiger partial charge in [-0.1, -0.05) is 0 Å². The minimum atomic E-state index is 0.105. The summed E-state index contributed by atoms with van der Waals surface area (Å²) in [6.45, 7) is 1.45. The van der Waals surface area contributed by atoms with E-state index in [1.807, 2.05) is 27.9 Å². The van der Waals surface area contributed by atoms with E-state index in [4.69, 9.17) is 0 Å². The van der Waals surface area contributed by atoms with Crippen molar-refractivity contribution in [2.45, 2.75) is 6.04 Å². The van der Waals surface area contributed by atoms with Crippen molar-refractivity contribution in [3.05, 3.63) is 37.7 Å². The second-order valence-electron chi connectivity index (χ2n) is 4.11. The Bertz CT molecular complexity index is 589. The summed E-state index contributed by atoms with van der Waals surface area (Å²) in [5, 5.41) is 4.24. The molecule has 3 heterocycles. The molecule has 2 aromatic rings. The summed E-state index contributed by atoms with van der Waals surface area (Å²) in [7, 11) is 0. The van der Waals surface area contributed by atoms with Crippen LogP contribution in [0.4, 0.5) is 0 Å². The average Bonchev–Trinajstić information content (AvgIpc) is 2.85. The van der Waals surface area contributed by atoms with Crippen molar-refractivity contribution in [2.24, 2.45) is 0 Å². The van der Waals surface area contributed by atoms with E-state index in [1.54, 1.807) is 6.20 Å². The lowest BCUT2D eigenvalue weighted by Crippen LogP contribution is -2.50. The minimum Gasteiger partial charge on any atom is -0.334 e. The van der Waals surface area contributed by atoms with Crippen LogP contribution in [0.25, 0.3) is 0 Å². The van der Waals surface area contributed by atoms with Gasteiger partial charge in [-0.25, -0.2) is 0 Å². The molecular weight excluding hydrogens is 382 g/mol. The summed E-state index contributed by atoms with van der Waals surface area (Å²) < 4.78 is 3.85. The summed E-state index contributed by atoms with van der Waals surface area (Å²) in [5.41, 5.74) is 0. The molecule has 18 heavy (non-hydrogen) atoms. The fourth-order valence-electron chi connectivity index (χ4n) is 1.89. The zero-order valence-electron chi connectivity index (χ0n) is 9.22. The van der Waals surface area contributed by atoms with Crippen molar-refractivity contribution >= 4 is 49.1 Å². The maximum Gasteiger partial charge on any atom is 0.264 e. The lowest BCUT2D eigenvalue weighted by Gasteiger charge is -2.38. The molecule has 4 nitrogen and oxygen atoms in total. The predicted octanol–water partition coefficient (Wildman–Crippen LogP) is 3.17. The Kier molecular flexibility index (Phi) is 3.29. The number of halogens is 2. The highest BCUT2D eigenvalue weighted by Gasteiger charge is 2.33. The maximum absolute atomic E-state index is 12.1. The summed E-state index contributed by atoms with van der Waals surface area (Å²) in [5.74, 6) is 0.105. The van der Waals surface area contributed by atoms with Crippen LogP contribution in [-0.4, -0.2) is 33.7 Å². The lowest BCUT2D eigenvalue weighted by atomic mass is 10.1. The number of aromatic nitrogens is 2. The first-order valence-corrected chi connectivity index (χ1v) is 7.78. The monoisotopic (exact) mass is 389 g/mol. The standard InChI is InChI=1S/C11H9Br2N3OS/c12-7-3-14-16(4-7)8-5-15(6-8)11(17)9-1-2-10(13)18-9/h1-4,8H,5-6H2. The van der Waals surface area contributed by atoms with Crippen molar-refractivity contribution in [2.75, 3.05) is 13.1 Å². The van der Waals surface area contributed by atoms with Crippen LogP contribution in [-0.2, 0) is 0 Å². The Morgan fingerprint density at radius 3 is 2.72 bits per heavy atom. The van der Waals surface area contributed by atoms with Gasteiger partial charge in [-0.3, -0.25) is 9.48 Å². The molecular formula is C11H9Br2N3OS. The molecule has 7 heteroatoms. The molecule has 1 amide bonds. The first kappa shape index (κ1) is 12.4. The van der Waals surface area contributed by atoms with Crippen molar-refractivity contribution in [3.8, 4) is 0 Å². The van der Waals surface area contributed by atoms with Gasteiger partial charge in [0.1, 0.15) is 0 Å². The third-order valence-electron chi connectivity index (χ3n) is 2.88. The molecule has 0 radical (unpaired) electrons. The summed E-state index contributed by atoms with van der Waals surface area (Å²) >= 11 is 8.21. The van der Waals surface area contributed by atoms with Crippen LogP contribution < -0.4 is 0 Å². The highest BCUT2D eigenvalue weighted by Crippen LogP contribution is 2.28. The van der Waals surface area contributed by atoms with E-state index in [0.717, 1.165) is 26.2 Å². The third kappa shape index (κ3) is 2.26. The van der Waals surface area contributed by atoms with Gasteiger partial charge >= 0.3 is 0 Å². The molecule has 3 rings (SSSR count). The largest absolute Gasteiger partial charge is 0.334 e. The normalized spacial score (nSPS) is 15.8. The number of thiophene rings is 1. The minimum absolute atomic E-state index is 0.105. The van der Waals surface area contributed by atoms with Gasteiger partial charge in [-0.15, -0.1) is 11.3 Å². The quantitative estimate of drug-likeness (QED) is 0.789. The molecule has 0 aliphatic carbocycles. The van der Waals surface area contributed by atoms with E-state index >= 15 is 0 Å². The van der Waals surface area contributed by atoms with Crippen LogP contribution in [0.2, 0.25) is 0 Å². The van der Waals surface area contributed by atoms with Crippen LogP contribution in [0.3, 0.4) is 0 Å². The molecule has 0 spiro atoms. The number of carbonyl (C=O) groups is 1. The van der Waals surface area contributed by atoms with Crippen LogP contribution in [0.5, 0.6) is 0 Å². The van der Waals surface area contributed by atoms with Crippen LogP contribution in [0.1, 0.15) is 15.7 Å². The van der Waals surface area contributed by atoms with E-state index in [-0.39, 0.29) is 5.91 Å². The molecule has 1 saturated heterocycles. The van der Waals surface area contributed by atoms with Gasteiger partial charge < -0.3 is 4.90 Å². The fourth-order valence-corrected chi connectivity index (χ4v) is 3.54. The molecule has 0 unspecified atom stereocenters. The van der Waals surface area contributed by atoms with Crippen molar-refractivity contribution in [1.29, 1.82) is 0 Å². The Morgan fingerprint density at radius 2 is 2.17 bits per heavy atom. The van der Waals surface area contributed by atoms with Crippen LogP contribution >= 0.6 is 43.2 Å². The topological polar surface area (TPSA) is 38.1 Å². The molecule has 0 aromatic carbocycles. The smallest absolute Gasteiger partial charge is 0.264 e. The van der Waals surface area contributed by atoms with Crippen LogP contribution in [0, 0.1) is 0 Å². The summed E-state index contributed by atoms with van der Waals surface area (Å²) in [6.07, 6.45) is 3.70. The highest BCUT2D eigenvalue weighted by atomic mass is 79.9. The van der Waals surface area contributed by atoms with Crippen molar-refractivity contribution in [3.63, 3.8) is 0 Å². The first-order valence-electron chi connectivity index (χ1n) is 5.38. The second-order valence-corrected chi connectivity index (χ2v) is 7.48. The predicted molar refractivity (Wildman–Crippen MR) is 76.9 cm³/mol. The van der Waals surface area contributed by atoms with E-state index in [2.05, 4.69) is 37.0 Å². The molecule has 0 N–H and O–H groups in total. The van der Waals surface area contributed by atoms with Crippen molar-refractivity contribution in [1.82, 2.24) is 14.7 Å². The molecule has 0 atom stereocenters. The third-order valence-corrected chi connectivity index (χ3v) is 4.90. The van der Waals surface area contributed by atoms with Gasteiger partial charge in [0, 0.05) is 19.3 Å². The maximum atomic E-state index is 12.1. The number of carbonyl (C=O) groups excluding carboxylic acids is 1. The Labute approximate surface area is 125 Å². The fraction of sp³-hybridized carbons (Fsp3) is 0.273. The molecule has 0 bridgehead atoms. The molecule has 1 fully saturated rings. The zero-order valence-corrected chi connectivity index (χ0v) is 13.2. The Morgan fingerprint density at radius 1 is 1.39 bits per heavy atom. The molecule has 1 aliphatic rings. The lowest BCUT2D eigenvalue weighted by molar-refractivity contribution is 0.0506. The SMILES string of the molecule is O=C(c1ccc(Br)s1)N1CC(n2cc(Br)cn2)C1. The van der Waals surface area contributed by atoms with E-state index in [1.165, 1.54) is 11.3 Å². The zero-order chi connectivity index (χ0) is 12.7. The van der Waals surface area contributed by atoms with E-state index in [0.29, 0.717) is 6.04 Å². The number of likely N-dealkylation sites (tertiary alicyclic amines) is 1. The van der Waals surface area contributed by atoms with Gasteiger partial charge in [-0.2, -0.15) is 5.10 Å². The van der Waals surface area contributed by atoms with E-state index in [9.17, 15) is 4.79 Å². The summed E-state index contributed by atoms with van der Waals surface area (Å²) in [4.78, 5) is 14.7. The summed E-state index contributed by atoms with van der Waals surface area (Å²) in [6, 6.07) is 4.05. The molecule has 1 aliphatic heterocycles. The number of hydrogen-bond donors (Lipinski definition) is 0. The number of rotatable bonds is 2. The highest BCUT2D eigenvalue weighted by molar-refractivity contribution is 9.11. The van der Waals surface area contributed by atoms with Crippen molar-refractivity contribution < 1.29 is 4.79 Å². The molecule has 2 aromatic heterocycles. The van der Waals surface area contributed by atoms with Gasteiger partial charge in [0.2, 0.25) is 0 Å². The Balaban J connectivity index is 1.64.